The summed E-state index contributed by atoms with van der Waals surface area (Å²) in [4.78, 5) is 0.228. The quantitative estimate of drug-likeness (QED) is 0.907. The number of rotatable bonds is 5. The number of nitrogens with one attached hydrogen (secondary N) is 1. The van der Waals surface area contributed by atoms with Crippen molar-refractivity contribution in [3.8, 4) is 0 Å². The van der Waals surface area contributed by atoms with E-state index in [9.17, 15) is 8.42 Å². The Kier molecular flexibility index (Phi) is 4.84. The lowest BCUT2D eigenvalue weighted by atomic mass is 10.2. The summed E-state index contributed by atoms with van der Waals surface area (Å²) in [6, 6.07) is 5.20. The zero-order valence-electron chi connectivity index (χ0n) is 11.0. The van der Waals surface area contributed by atoms with Gasteiger partial charge in [0, 0.05) is 19.6 Å². The second-order valence-electron chi connectivity index (χ2n) is 4.66. The van der Waals surface area contributed by atoms with Crippen LogP contribution in [0.5, 0.6) is 0 Å². The van der Waals surface area contributed by atoms with Crippen LogP contribution in [0.25, 0.3) is 0 Å². The van der Waals surface area contributed by atoms with Gasteiger partial charge in [-0.3, -0.25) is 0 Å². The number of nitrogens with zero attached hydrogens (tertiary/aromatic N) is 1. The van der Waals surface area contributed by atoms with Crippen molar-refractivity contribution in [2.24, 2.45) is 0 Å². The molecule has 1 aromatic carbocycles. The molecule has 106 valence electrons. The molecule has 19 heavy (non-hydrogen) atoms. The Balaban J connectivity index is 2.31. The molecule has 0 amide bonds. The van der Waals surface area contributed by atoms with Gasteiger partial charge < -0.3 is 5.32 Å². The highest BCUT2D eigenvalue weighted by Crippen LogP contribution is 2.28. The maximum Gasteiger partial charge on any atom is 0.244 e. The molecule has 1 saturated heterocycles. The van der Waals surface area contributed by atoms with Gasteiger partial charge in [-0.05, 0) is 37.1 Å². The van der Waals surface area contributed by atoms with Crippen molar-refractivity contribution < 1.29 is 8.42 Å². The smallest absolute Gasteiger partial charge is 0.244 e. The molecular weight excluding hydrogens is 284 g/mol. The third-order valence-corrected chi connectivity index (χ3v) is 5.64. The van der Waals surface area contributed by atoms with Crippen LogP contribution < -0.4 is 5.32 Å². The van der Waals surface area contributed by atoms with Crippen LogP contribution in [-0.2, 0) is 16.6 Å². The molecule has 0 aromatic heterocycles. The van der Waals surface area contributed by atoms with E-state index in [1.54, 1.807) is 12.1 Å². The monoisotopic (exact) mass is 302 g/mol. The van der Waals surface area contributed by atoms with Gasteiger partial charge >= 0.3 is 0 Å². The van der Waals surface area contributed by atoms with E-state index in [0.29, 0.717) is 24.7 Å². The van der Waals surface area contributed by atoms with Gasteiger partial charge in [0.25, 0.3) is 0 Å². The fraction of sp³-hybridized carbons (Fsp3) is 0.538. The van der Waals surface area contributed by atoms with Gasteiger partial charge in [0.2, 0.25) is 10.0 Å². The van der Waals surface area contributed by atoms with Crippen molar-refractivity contribution >= 4 is 21.6 Å². The van der Waals surface area contributed by atoms with Crippen molar-refractivity contribution in [3.05, 3.63) is 28.8 Å². The second kappa shape index (κ2) is 6.22. The molecule has 1 heterocycles. The Morgan fingerprint density at radius 1 is 1.32 bits per heavy atom. The Labute approximate surface area is 119 Å². The maximum atomic E-state index is 12.5. The lowest BCUT2D eigenvalue weighted by Gasteiger charge is -2.17. The van der Waals surface area contributed by atoms with Gasteiger partial charge in [0.1, 0.15) is 4.90 Å². The second-order valence-corrected chi connectivity index (χ2v) is 6.97. The van der Waals surface area contributed by atoms with E-state index in [0.717, 1.165) is 24.9 Å². The number of hydrogen-bond donors (Lipinski definition) is 1. The molecule has 0 spiro atoms. The molecule has 0 aliphatic carbocycles. The van der Waals surface area contributed by atoms with Crippen molar-refractivity contribution in [2.75, 3.05) is 19.6 Å². The van der Waals surface area contributed by atoms with Crippen molar-refractivity contribution in [2.45, 2.75) is 31.2 Å². The maximum absolute atomic E-state index is 12.5. The van der Waals surface area contributed by atoms with Crippen LogP contribution in [0.3, 0.4) is 0 Å². The van der Waals surface area contributed by atoms with E-state index in [1.165, 1.54) is 4.31 Å². The van der Waals surface area contributed by atoms with Crippen molar-refractivity contribution in [1.29, 1.82) is 0 Å². The highest BCUT2D eigenvalue weighted by atomic mass is 35.5. The molecule has 0 saturated carbocycles. The minimum absolute atomic E-state index is 0.228. The molecule has 0 bridgehead atoms. The third kappa shape index (κ3) is 3.28. The molecule has 1 fully saturated rings. The van der Waals surface area contributed by atoms with Crippen LogP contribution in [0.2, 0.25) is 5.02 Å². The predicted molar refractivity (Wildman–Crippen MR) is 76.8 cm³/mol. The zero-order valence-corrected chi connectivity index (χ0v) is 12.6. The standard InChI is InChI=1S/C13H19ClN2O2S/c1-2-15-10-11-5-6-12(14)13(9-11)19(17,18)16-7-3-4-8-16/h5-6,9,15H,2-4,7-8,10H2,1H3. The highest BCUT2D eigenvalue weighted by molar-refractivity contribution is 7.89. The molecule has 4 nitrogen and oxygen atoms in total. The molecule has 0 atom stereocenters. The Hall–Kier alpha value is -0.620. The zero-order chi connectivity index (χ0) is 13.9. The van der Waals surface area contributed by atoms with Crippen molar-refractivity contribution in [1.82, 2.24) is 9.62 Å². The SMILES string of the molecule is CCNCc1ccc(Cl)c(S(=O)(=O)N2CCCC2)c1. The van der Waals surface area contributed by atoms with Crippen LogP contribution in [0.4, 0.5) is 0 Å². The number of halogens is 1. The Bertz CT molecular complexity index is 540. The summed E-state index contributed by atoms with van der Waals surface area (Å²) in [7, 11) is -3.44. The third-order valence-electron chi connectivity index (χ3n) is 3.26. The molecule has 1 aliphatic heterocycles. The van der Waals surface area contributed by atoms with Gasteiger partial charge in [-0.25, -0.2) is 8.42 Å². The van der Waals surface area contributed by atoms with Crippen LogP contribution in [0.15, 0.2) is 23.1 Å². The van der Waals surface area contributed by atoms with Gasteiger partial charge in [-0.1, -0.05) is 24.6 Å². The predicted octanol–water partition coefficient (Wildman–Crippen LogP) is 2.23. The lowest BCUT2D eigenvalue weighted by Crippen LogP contribution is -2.28. The molecular formula is C13H19ClN2O2S. The molecule has 0 radical (unpaired) electrons. The molecule has 1 aromatic rings. The van der Waals surface area contributed by atoms with E-state index in [4.69, 9.17) is 11.6 Å². The normalized spacial score (nSPS) is 16.9. The van der Waals surface area contributed by atoms with E-state index >= 15 is 0 Å². The topological polar surface area (TPSA) is 49.4 Å². The van der Waals surface area contributed by atoms with Gasteiger partial charge in [0.05, 0.1) is 5.02 Å². The molecule has 1 N–H and O–H groups in total. The van der Waals surface area contributed by atoms with Crippen LogP contribution >= 0.6 is 11.6 Å². The minimum Gasteiger partial charge on any atom is -0.313 e. The van der Waals surface area contributed by atoms with Gasteiger partial charge in [0.15, 0.2) is 0 Å². The molecule has 0 unspecified atom stereocenters. The number of sulfonamides is 1. The molecule has 2 rings (SSSR count). The average molecular weight is 303 g/mol. The summed E-state index contributed by atoms with van der Waals surface area (Å²) < 4.78 is 26.5. The number of benzene rings is 1. The summed E-state index contributed by atoms with van der Waals surface area (Å²) >= 11 is 6.07. The summed E-state index contributed by atoms with van der Waals surface area (Å²) in [5.41, 5.74) is 0.934. The Morgan fingerprint density at radius 3 is 2.63 bits per heavy atom. The van der Waals surface area contributed by atoms with E-state index in [1.807, 2.05) is 13.0 Å². The van der Waals surface area contributed by atoms with Gasteiger partial charge in [-0.2, -0.15) is 4.31 Å². The fourth-order valence-electron chi connectivity index (χ4n) is 2.19. The fourth-order valence-corrected chi connectivity index (χ4v) is 4.23. The van der Waals surface area contributed by atoms with Crippen LogP contribution in [0.1, 0.15) is 25.3 Å². The van der Waals surface area contributed by atoms with E-state index < -0.39 is 10.0 Å². The molecule has 6 heteroatoms. The van der Waals surface area contributed by atoms with Crippen molar-refractivity contribution in [3.63, 3.8) is 0 Å². The van der Waals surface area contributed by atoms with E-state index in [2.05, 4.69) is 5.32 Å². The first-order valence-corrected chi connectivity index (χ1v) is 8.37. The highest BCUT2D eigenvalue weighted by Gasteiger charge is 2.29. The van der Waals surface area contributed by atoms with Crippen LogP contribution in [0, 0.1) is 0 Å². The van der Waals surface area contributed by atoms with Gasteiger partial charge in [-0.15, -0.1) is 0 Å². The summed E-state index contributed by atoms with van der Waals surface area (Å²) in [5, 5.41) is 3.48. The first-order valence-electron chi connectivity index (χ1n) is 6.55. The van der Waals surface area contributed by atoms with Crippen LogP contribution in [-0.4, -0.2) is 32.4 Å². The van der Waals surface area contributed by atoms with E-state index in [-0.39, 0.29) is 4.90 Å². The minimum atomic E-state index is -3.44. The number of hydrogen-bond acceptors (Lipinski definition) is 3. The Morgan fingerprint density at radius 2 is 2.00 bits per heavy atom. The molecule has 1 aliphatic rings. The lowest BCUT2D eigenvalue weighted by molar-refractivity contribution is 0.477. The average Bonchev–Trinajstić information content (AvgIpc) is 2.92. The first-order chi connectivity index (χ1) is 9.05. The largest absolute Gasteiger partial charge is 0.313 e. The summed E-state index contributed by atoms with van der Waals surface area (Å²) in [6.45, 7) is 4.69. The summed E-state index contributed by atoms with van der Waals surface area (Å²) in [6.07, 6.45) is 1.85. The first kappa shape index (κ1) is 14.8. The summed E-state index contributed by atoms with van der Waals surface area (Å²) in [5.74, 6) is 0.